The summed E-state index contributed by atoms with van der Waals surface area (Å²) in [6.07, 6.45) is 8.20. The normalized spacial score (nSPS) is 22.6. The van der Waals surface area contributed by atoms with Gasteiger partial charge in [-0.25, -0.2) is 9.07 Å². The number of amides is 2. The predicted molar refractivity (Wildman–Crippen MR) is 120 cm³/mol. The van der Waals surface area contributed by atoms with E-state index >= 15 is 0 Å². The summed E-state index contributed by atoms with van der Waals surface area (Å²) in [4.78, 5) is 25.2. The Bertz CT molecular complexity index is 1170. The average molecular weight is 448 g/mol. The monoisotopic (exact) mass is 447 g/mol. The zero-order valence-electron chi connectivity index (χ0n) is 18.2. The first kappa shape index (κ1) is 21.3. The quantitative estimate of drug-likeness (QED) is 0.602. The van der Waals surface area contributed by atoms with E-state index in [1.54, 1.807) is 22.9 Å². The molecule has 6 rings (SSSR count). The summed E-state index contributed by atoms with van der Waals surface area (Å²) >= 11 is 0. The Hall–Kier alpha value is -3.55. The molecule has 2 atom stereocenters. The molecule has 170 valence electrons. The number of hydrogen-bond donors (Lipinski definition) is 2. The molecular formula is C25H26FN5O2. The van der Waals surface area contributed by atoms with Crippen LogP contribution in [0.3, 0.4) is 0 Å². The fourth-order valence-electron chi connectivity index (χ4n) is 5.35. The van der Waals surface area contributed by atoms with Gasteiger partial charge in [0.2, 0.25) is 5.91 Å². The van der Waals surface area contributed by atoms with E-state index in [0.717, 1.165) is 18.0 Å². The number of benzene rings is 2. The van der Waals surface area contributed by atoms with Crippen LogP contribution >= 0.6 is 0 Å². The predicted octanol–water partition coefficient (Wildman–Crippen LogP) is 3.66. The van der Waals surface area contributed by atoms with Crippen LogP contribution in [-0.2, 0) is 4.79 Å². The van der Waals surface area contributed by atoms with Crippen molar-refractivity contribution < 1.29 is 14.0 Å². The first-order valence-corrected chi connectivity index (χ1v) is 11.4. The molecule has 3 saturated carbocycles. The number of para-hydroxylation sites is 1. The second-order valence-corrected chi connectivity index (χ2v) is 9.09. The van der Waals surface area contributed by atoms with Crippen molar-refractivity contribution in [3.05, 3.63) is 77.4 Å². The van der Waals surface area contributed by atoms with E-state index in [4.69, 9.17) is 5.73 Å². The number of hydrogen-bond acceptors (Lipinski definition) is 4. The van der Waals surface area contributed by atoms with Crippen LogP contribution in [0.4, 0.5) is 4.39 Å². The van der Waals surface area contributed by atoms with Crippen molar-refractivity contribution in [1.29, 1.82) is 0 Å². The van der Waals surface area contributed by atoms with Gasteiger partial charge in [-0.2, -0.15) is 0 Å². The van der Waals surface area contributed by atoms with Crippen LogP contribution in [-0.4, -0.2) is 26.8 Å². The molecule has 0 saturated heterocycles. The lowest BCUT2D eigenvalue weighted by Gasteiger charge is -2.41. The molecule has 33 heavy (non-hydrogen) atoms. The molecule has 8 heteroatoms. The first-order valence-electron chi connectivity index (χ1n) is 11.4. The number of fused-ring (bicyclic) bond motifs is 3. The topological polar surface area (TPSA) is 103 Å². The number of rotatable bonds is 6. The van der Waals surface area contributed by atoms with Gasteiger partial charge in [0.25, 0.3) is 5.91 Å². The second kappa shape index (κ2) is 8.77. The molecule has 2 amide bonds. The zero-order chi connectivity index (χ0) is 22.9. The van der Waals surface area contributed by atoms with Crippen molar-refractivity contribution in [1.82, 2.24) is 20.3 Å². The molecule has 1 heterocycles. The molecule has 0 spiro atoms. The molecule has 3 aliphatic rings. The number of nitrogens with one attached hydrogen (secondary N) is 1. The maximum atomic E-state index is 13.3. The Labute approximate surface area is 191 Å². The number of nitrogens with zero attached hydrogens (tertiary/aromatic N) is 3. The van der Waals surface area contributed by atoms with Crippen LogP contribution in [0.2, 0.25) is 0 Å². The highest BCUT2D eigenvalue weighted by molar-refractivity contribution is 6.00. The Balaban J connectivity index is 1.40. The second-order valence-electron chi connectivity index (χ2n) is 9.09. The summed E-state index contributed by atoms with van der Waals surface area (Å²) < 4.78 is 14.9. The first-order chi connectivity index (χ1) is 16.0. The Morgan fingerprint density at radius 1 is 1.06 bits per heavy atom. The fraction of sp³-hybridized carbons (Fsp3) is 0.360. The standard InChI is InChI=1S/C25H26FN5O2/c26-18-11-9-17(10-12-18)23(24(27)32)28-25(33)19-3-1-2-4-22(19)31-14-21(29-30-31)20-13-15-5-7-16(20)8-6-15/h1-4,9-12,14-16,20,23H,5-8,13H2,(H2,27,32)(H,28,33). The van der Waals surface area contributed by atoms with E-state index in [1.807, 2.05) is 12.3 Å². The minimum Gasteiger partial charge on any atom is -0.368 e. The van der Waals surface area contributed by atoms with Crippen molar-refractivity contribution in [2.24, 2.45) is 17.6 Å². The van der Waals surface area contributed by atoms with E-state index in [1.165, 1.54) is 49.9 Å². The minimum absolute atomic E-state index is 0.340. The highest BCUT2D eigenvalue weighted by Crippen LogP contribution is 2.49. The van der Waals surface area contributed by atoms with Gasteiger partial charge in [0.1, 0.15) is 11.9 Å². The molecule has 7 nitrogen and oxygen atoms in total. The molecular weight excluding hydrogens is 421 g/mol. The number of carbonyl (C=O) groups excluding carboxylic acids is 2. The Kier molecular flexibility index (Phi) is 5.66. The van der Waals surface area contributed by atoms with Gasteiger partial charge >= 0.3 is 0 Å². The number of primary amides is 1. The van der Waals surface area contributed by atoms with Gasteiger partial charge in [-0.15, -0.1) is 5.10 Å². The number of halogens is 1. The lowest BCUT2D eigenvalue weighted by atomic mass is 9.64. The third-order valence-electron chi connectivity index (χ3n) is 7.10. The molecule has 2 aromatic carbocycles. The lowest BCUT2D eigenvalue weighted by molar-refractivity contribution is -0.120. The van der Waals surface area contributed by atoms with E-state index in [0.29, 0.717) is 28.7 Å². The molecule has 0 radical (unpaired) electrons. The van der Waals surface area contributed by atoms with Gasteiger partial charge in [-0.05, 0) is 60.9 Å². The SMILES string of the molecule is NC(=O)C(NC(=O)c1ccccc1-n1cc(C2CC3CCC2CC3)nn1)c1ccc(F)cc1. The summed E-state index contributed by atoms with van der Waals surface area (Å²) in [7, 11) is 0. The summed E-state index contributed by atoms with van der Waals surface area (Å²) in [6.45, 7) is 0. The molecule has 1 aromatic heterocycles. The molecule has 3 fully saturated rings. The van der Waals surface area contributed by atoms with E-state index < -0.39 is 23.7 Å². The van der Waals surface area contributed by atoms with E-state index in [2.05, 4.69) is 15.6 Å². The highest BCUT2D eigenvalue weighted by atomic mass is 19.1. The molecule has 0 aliphatic heterocycles. The van der Waals surface area contributed by atoms with Gasteiger partial charge in [0.05, 0.1) is 23.1 Å². The molecule has 3 aliphatic carbocycles. The summed E-state index contributed by atoms with van der Waals surface area (Å²) in [6, 6.07) is 11.2. The molecule has 3 N–H and O–H groups in total. The van der Waals surface area contributed by atoms with Crippen LogP contribution < -0.4 is 11.1 Å². The lowest BCUT2D eigenvalue weighted by Crippen LogP contribution is -2.37. The summed E-state index contributed by atoms with van der Waals surface area (Å²) in [5.41, 5.74) is 7.81. The maximum absolute atomic E-state index is 13.3. The van der Waals surface area contributed by atoms with Crippen LogP contribution in [0.1, 0.15) is 65.7 Å². The van der Waals surface area contributed by atoms with Gasteiger partial charge in [-0.3, -0.25) is 9.59 Å². The zero-order valence-corrected chi connectivity index (χ0v) is 18.2. The Morgan fingerprint density at radius 2 is 1.79 bits per heavy atom. The van der Waals surface area contributed by atoms with Crippen molar-refractivity contribution in [3.63, 3.8) is 0 Å². The Morgan fingerprint density at radius 3 is 2.45 bits per heavy atom. The van der Waals surface area contributed by atoms with Crippen LogP contribution in [0.25, 0.3) is 5.69 Å². The van der Waals surface area contributed by atoms with Crippen molar-refractivity contribution in [2.75, 3.05) is 0 Å². The third-order valence-corrected chi connectivity index (χ3v) is 7.10. The van der Waals surface area contributed by atoms with Gasteiger partial charge in [-0.1, -0.05) is 42.3 Å². The number of aromatic nitrogens is 3. The van der Waals surface area contributed by atoms with E-state index in [-0.39, 0.29) is 0 Å². The van der Waals surface area contributed by atoms with Gasteiger partial charge < -0.3 is 11.1 Å². The van der Waals surface area contributed by atoms with Gasteiger partial charge in [0.15, 0.2) is 0 Å². The fourth-order valence-corrected chi connectivity index (χ4v) is 5.35. The average Bonchev–Trinajstić information content (AvgIpc) is 3.34. The highest BCUT2D eigenvalue weighted by Gasteiger charge is 2.37. The summed E-state index contributed by atoms with van der Waals surface area (Å²) in [5.74, 6) is 0.207. The minimum atomic E-state index is -1.09. The smallest absolute Gasteiger partial charge is 0.254 e. The third kappa shape index (κ3) is 4.25. The molecule has 2 unspecified atom stereocenters. The van der Waals surface area contributed by atoms with Crippen molar-refractivity contribution in [2.45, 2.75) is 44.1 Å². The maximum Gasteiger partial charge on any atom is 0.254 e. The van der Waals surface area contributed by atoms with Crippen molar-refractivity contribution >= 4 is 11.8 Å². The summed E-state index contributed by atoms with van der Waals surface area (Å²) in [5, 5.41) is 11.4. The number of carbonyl (C=O) groups is 2. The number of nitrogens with two attached hydrogens (primary N) is 1. The largest absolute Gasteiger partial charge is 0.368 e. The van der Waals surface area contributed by atoms with Crippen LogP contribution in [0.15, 0.2) is 54.7 Å². The van der Waals surface area contributed by atoms with E-state index in [9.17, 15) is 14.0 Å². The van der Waals surface area contributed by atoms with Crippen molar-refractivity contribution in [3.8, 4) is 5.69 Å². The van der Waals surface area contributed by atoms with Crippen LogP contribution in [0, 0.1) is 17.7 Å². The van der Waals surface area contributed by atoms with Gasteiger partial charge in [0, 0.05) is 5.92 Å². The molecule has 2 bridgehead atoms. The molecule has 3 aromatic rings. The van der Waals surface area contributed by atoms with Crippen LogP contribution in [0.5, 0.6) is 0 Å².